The van der Waals surface area contributed by atoms with Crippen LogP contribution in [-0.4, -0.2) is 25.0 Å². The molecule has 1 aromatic rings. The Kier molecular flexibility index (Phi) is 2.86. The third-order valence-corrected chi connectivity index (χ3v) is 4.36. The molecule has 2 unspecified atom stereocenters. The second-order valence-corrected chi connectivity index (χ2v) is 5.67. The molecule has 2 aliphatic rings. The molecule has 1 aliphatic heterocycles. The largest absolute Gasteiger partial charge is 0.352 e. The molecule has 18 heavy (non-hydrogen) atoms. The van der Waals surface area contributed by atoms with Gasteiger partial charge in [-0.25, -0.2) is 0 Å². The Balaban J connectivity index is 1.56. The smallest absolute Gasteiger partial charge is 0.224 e. The first-order valence-corrected chi connectivity index (χ1v) is 6.71. The highest BCUT2D eigenvalue weighted by Gasteiger charge is 2.53. The van der Waals surface area contributed by atoms with Gasteiger partial charge in [0.05, 0.1) is 6.42 Å². The van der Waals surface area contributed by atoms with Crippen LogP contribution in [0.2, 0.25) is 0 Å². The predicted molar refractivity (Wildman–Crippen MR) is 71.4 cm³/mol. The maximum atomic E-state index is 12.0. The molecule has 0 radical (unpaired) electrons. The van der Waals surface area contributed by atoms with Crippen LogP contribution in [0.4, 0.5) is 0 Å². The van der Waals surface area contributed by atoms with Crippen molar-refractivity contribution in [3.8, 4) is 0 Å². The van der Waals surface area contributed by atoms with Crippen LogP contribution >= 0.6 is 0 Å². The first-order valence-electron chi connectivity index (χ1n) is 6.71. The fourth-order valence-electron chi connectivity index (χ4n) is 2.97. The van der Waals surface area contributed by atoms with E-state index in [1.807, 2.05) is 0 Å². The number of aryl methyl sites for hydroxylation is 2. The maximum Gasteiger partial charge on any atom is 0.224 e. The van der Waals surface area contributed by atoms with Crippen LogP contribution in [0.15, 0.2) is 18.2 Å². The SMILES string of the molecule is Cc1ccc(CC(=O)NC2C3CNCC32)cc1C. The van der Waals surface area contributed by atoms with Gasteiger partial charge in [0.2, 0.25) is 5.91 Å². The molecule has 1 amide bonds. The summed E-state index contributed by atoms with van der Waals surface area (Å²) in [7, 11) is 0. The van der Waals surface area contributed by atoms with E-state index in [1.165, 1.54) is 11.1 Å². The number of carbonyl (C=O) groups excluding carboxylic acids is 1. The summed E-state index contributed by atoms with van der Waals surface area (Å²) in [6, 6.07) is 6.69. The van der Waals surface area contributed by atoms with Crippen LogP contribution in [0.25, 0.3) is 0 Å². The molecule has 2 atom stereocenters. The quantitative estimate of drug-likeness (QED) is 0.838. The zero-order chi connectivity index (χ0) is 12.7. The molecule has 1 saturated carbocycles. The molecule has 1 heterocycles. The van der Waals surface area contributed by atoms with Gasteiger partial charge in [-0.15, -0.1) is 0 Å². The number of benzene rings is 1. The van der Waals surface area contributed by atoms with E-state index in [4.69, 9.17) is 0 Å². The first kappa shape index (κ1) is 11.7. The number of fused-ring (bicyclic) bond motifs is 1. The number of nitrogens with one attached hydrogen (secondary N) is 2. The monoisotopic (exact) mass is 244 g/mol. The Morgan fingerprint density at radius 2 is 2.00 bits per heavy atom. The Morgan fingerprint density at radius 1 is 1.28 bits per heavy atom. The second kappa shape index (κ2) is 4.39. The molecule has 3 nitrogen and oxygen atoms in total. The van der Waals surface area contributed by atoms with Crippen molar-refractivity contribution >= 4 is 5.91 Å². The van der Waals surface area contributed by atoms with E-state index < -0.39 is 0 Å². The van der Waals surface area contributed by atoms with E-state index in [0.29, 0.717) is 24.3 Å². The fraction of sp³-hybridized carbons (Fsp3) is 0.533. The Bertz CT molecular complexity index is 473. The molecule has 0 spiro atoms. The van der Waals surface area contributed by atoms with Crippen LogP contribution in [0.5, 0.6) is 0 Å². The van der Waals surface area contributed by atoms with Gasteiger partial charge in [-0.3, -0.25) is 4.79 Å². The highest BCUT2D eigenvalue weighted by molar-refractivity contribution is 5.79. The highest BCUT2D eigenvalue weighted by Crippen LogP contribution is 2.41. The van der Waals surface area contributed by atoms with E-state index in [2.05, 4.69) is 42.7 Å². The lowest BCUT2D eigenvalue weighted by Gasteiger charge is -2.09. The summed E-state index contributed by atoms with van der Waals surface area (Å²) in [4.78, 5) is 12.0. The van der Waals surface area contributed by atoms with E-state index in [-0.39, 0.29) is 5.91 Å². The van der Waals surface area contributed by atoms with Gasteiger partial charge < -0.3 is 10.6 Å². The summed E-state index contributed by atoms with van der Waals surface area (Å²) in [6.45, 7) is 6.32. The highest BCUT2D eigenvalue weighted by atomic mass is 16.1. The molecule has 0 aromatic heterocycles. The van der Waals surface area contributed by atoms with E-state index in [9.17, 15) is 4.79 Å². The molecule has 1 aromatic carbocycles. The number of carbonyl (C=O) groups is 1. The van der Waals surface area contributed by atoms with Crippen LogP contribution < -0.4 is 10.6 Å². The van der Waals surface area contributed by atoms with Gasteiger partial charge in [-0.05, 0) is 42.4 Å². The van der Waals surface area contributed by atoms with Crippen molar-refractivity contribution in [1.82, 2.24) is 10.6 Å². The normalized spacial score (nSPS) is 28.9. The van der Waals surface area contributed by atoms with Crippen LogP contribution in [-0.2, 0) is 11.2 Å². The topological polar surface area (TPSA) is 41.1 Å². The van der Waals surface area contributed by atoms with Gasteiger partial charge in [0, 0.05) is 19.1 Å². The van der Waals surface area contributed by atoms with Crippen molar-refractivity contribution in [2.75, 3.05) is 13.1 Å². The molecule has 2 N–H and O–H groups in total. The van der Waals surface area contributed by atoms with Gasteiger partial charge in [0.25, 0.3) is 0 Å². The molecule has 3 heteroatoms. The maximum absolute atomic E-state index is 12.0. The van der Waals surface area contributed by atoms with E-state index >= 15 is 0 Å². The molecule has 3 rings (SSSR count). The lowest BCUT2D eigenvalue weighted by atomic mass is 10.0. The molecule has 2 fully saturated rings. The minimum Gasteiger partial charge on any atom is -0.352 e. The molecule has 96 valence electrons. The average Bonchev–Trinajstić information content (AvgIpc) is 2.76. The average molecular weight is 244 g/mol. The third kappa shape index (κ3) is 2.15. The van der Waals surface area contributed by atoms with Crippen molar-refractivity contribution in [3.63, 3.8) is 0 Å². The van der Waals surface area contributed by atoms with E-state index in [0.717, 1.165) is 18.7 Å². The van der Waals surface area contributed by atoms with Crippen molar-refractivity contribution < 1.29 is 4.79 Å². The molecular weight excluding hydrogens is 224 g/mol. The zero-order valence-electron chi connectivity index (χ0n) is 11.0. The van der Waals surface area contributed by atoms with Crippen molar-refractivity contribution in [1.29, 1.82) is 0 Å². The van der Waals surface area contributed by atoms with Crippen LogP contribution in [0.1, 0.15) is 16.7 Å². The molecule has 1 saturated heterocycles. The van der Waals surface area contributed by atoms with E-state index in [1.54, 1.807) is 0 Å². The lowest BCUT2D eigenvalue weighted by Crippen LogP contribution is -2.33. The Morgan fingerprint density at radius 3 is 2.67 bits per heavy atom. The van der Waals surface area contributed by atoms with Gasteiger partial charge >= 0.3 is 0 Å². The van der Waals surface area contributed by atoms with Gasteiger partial charge in [-0.1, -0.05) is 18.2 Å². The van der Waals surface area contributed by atoms with Gasteiger partial charge in [-0.2, -0.15) is 0 Å². The standard InChI is InChI=1S/C15H20N2O/c1-9-3-4-11(5-10(9)2)6-14(18)17-15-12-7-16-8-13(12)15/h3-5,12-13,15-16H,6-8H2,1-2H3,(H,17,18). The minimum atomic E-state index is 0.164. The van der Waals surface area contributed by atoms with Crippen molar-refractivity contribution in [2.24, 2.45) is 11.8 Å². The minimum absolute atomic E-state index is 0.164. The summed E-state index contributed by atoms with van der Waals surface area (Å²) in [5, 5.41) is 6.50. The predicted octanol–water partition coefficient (Wildman–Crippen LogP) is 1.18. The Hall–Kier alpha value is -1.35. The molecular formula is C15H20N2O. The second-order valence-electron chi connectivity index (χ2n) is 5.67. The zero-order valence-corrected chi connectivity index (χ0v) is 11.0. The molecule has 1 aliphatic carbocycles. The van der Waals surface area contributed by atoms with Crippen molar-refractivity contribution in [3.05, 3.63) is 34.9 Å². The van der Waals surface area contributed by atoms with Crippen molar-refractivity contribution in [2.45, 2.75) is 26.3 Å². The summed E-state index contributed by atoms with van der Waals surface area (Å²) in [5.74, 6) is 1.54. The van der Waals surface area contributed by atoms with Gasteiger partial charge in [0.15, 0.2) is 0 Å². The molecule has 0 bridgehead atoms. The fourth-order valence-corrected chi connectivity index (χ4v) is 2.97. The lowest BCUT2D eigenvalue weighted by molar-refractivity contribution is -0.120. The number of piperidine rings is 1. The summed E-state index contributed by atoms with van der Waals surface area (Å²) >= 11 is 0. The third-order valence-electron chi connectivity index (χ3n) is 4.36. The Labute approximate surface area is 108 Å². The number of rotatable bonds is 3. The summed E-state index contributed by atoms with van der Waals surface area (Å²) in [6.07, 6.45) is 0.504. The summed E-state index contributed by atoms with van der Waals surface area (Å²) in [5.41, 5.74) is 3.65. The van der Waals surface area contributed by atoms with Crippen LogP contribution in [0.3, 0.4) is 0 Å². The number of hydrogen-bond donors (Lipinski definition) is 2. The van der Waals surface area contributed by atoms with Gasteiger partial charge in [0.1, 0.15) is 0 Å². The van der Waals surface area contributed by atoms with Crippen LogP contribution in [0, 0.1) is 25.7 Å². The first-order chi connectivity index (χ1) is 8.65. The summed E-state index contributed by atoms with van der Waals surface area (Å²) < 4.78 is 0. The number of amides is 1. The number of hydrogen-bond acceptors (Lipinski definition) is 2.